The van der Waals surface area contributed by atoms with Crippen LogP contribution in [0.25, 0.3) is 38.8 Å². The molecule has 298 valence electrons. The largest absolute Gasteiger partial charge is 0.319 e. The zero-order chi connectivity index (χ0) is 40.1. The average Bonchev–Trinajstić information content (AvgIpc) is 3.84. The van der Waals surface area contributed by atoms with Crippen molar-refractivity contribution in [1.29, 1.82) is 0 Å². The number of pyridine rings is 1. The molecule has 10 rings (SSSR count). The molecule has 0 bridgehead atoms. The zero-order valence-electron chi connectivity index (χ0n) is 34.0. The molecule has 6 heteroatoms. The summed E-state index contributed by atoms with van der Waals surface area (Å²) in [5.41, 5.74) is 12.1. The van der Waals surface area contributed by atoms with Crippen molar-refractivity contribution >= 4 is 38.9 Å². The maximum Gasteiger partial charge on any atom is 0.145 e. The van der Waals surface area contributed by atoms with Crippen molar-refractivity contribution in [2.75, 3.05) is 10.1 Å². The molecule has 0 amide bonds. The predicted octanol–water partition coefficient (Wildman–Crippen LogP) is 13.2. The number of hydrogen-bond donors (Lipinski definition) is 0. The van der Waals surface area contributed by atoms with E-state index in [9.17, 15) is 0 Å². The van der Waals surface area contributed by atoms with E-state index in [2.05, 4.69) is 225 Å². The number of nitrogens with zero attached hydrogens (tertiary/aromatic N) is 4. The fourth-order valence-corrected chi connectivity index (χ4v) is 9.02. The second kappa shape index (κ2) is 16.1. The number of anilines is 3. The van der Waals surface area contributed by atoms with E-state index >= 15 is 0 Å². The third kappa shape index (κ3) is 6.45. The van der Waals surface area contributed by atoms with Gasteiger partial charge in [-0.1, -0.05) is 135 Å². The maximum atomic E-state index is 5.14. The fraction of sp³-hybridized carbons (Fsp3) is 0.130. The molecule has 0 radical (unpaired) electrons. The van der Waals surface area contributed by atoms with Gasteiger partial charge in [0, 0.05) is 43.9 Å². The van der Waals surface area contributed by atoms with Gasteiger partial charge in [-0.2, -0.15) is 35.3 Å². The van der Waals surface area contributed by atoms with E-state index in [-0.39, 0.29) is 27.1 Å². The van der Waals surface area contributed by atoms with Crippen molar-refractivity contribution in [3.8, 4) is 16.9 Å². The molecule has 0 saturated heterocycles. The van der Waals surface area contributed by atoms with Crippen molar-refractivity contribution in [3.63, 3.8) is 0 Å². The number of fused-ring (bicyclic) bond motifs is 4. The van der Waals surface area contributed by atoms with Gasteiger partial charge in [-0.25, -0.2) is 4.98 Å². The zero-order valence-corrected chi connectivity index (χ0v) is 36.3. The van der Waals surface area contributed by atoms with Gasteiger partial charge in [0.1, 0.15) is 17.2 Å². The number of benzene rings is 7. The summed E-state index contributed by atoms with van der Waals surface area (Å²) in [6.07, 6.45) is 1.94. The van der Waals surface area contributed by atoms with Crippen LogP contribution in [0.15, 0.2) is 182 Å². The summed E-state index contributed by atoms with van der Waals surface area (Å²) in [6, 6.07) is 70.9. The molecule has 0 unspecified atom stereocenters. The Bertz CT molecular complexity index is 2920. The summed E-state index contributed by atoms with van der Waals surface area (Å²) in [5, 5.41) is 6.39. The third-order valence-electron chi connectivity index (χ3n) is 11.7. The Morgan fingerprint density at radius 1 is 0.583 bits per heavy atom. The van der Waals surface area contributed by atoms with Gasteiger partial charge in [-0.15, -0.1) is 38.8 Å². The van der Waals surface area contributed by atoms with E-state index in [4.69, 9.17) is 9.92 Å². The minimum absolute atomic E-state index is 0. The summed E-state index contributed by atoms with van der Waals surface area (Å²) in [7, 11) is 0. The molecule has 0 fully saturated rings. The maximum absolute atomic E-state index is 5.14. The molecule has 0 atom stereocenters. The molecule has 1 aliphatic heterocycles. The van der Waals surface area contributed by atoms with Crippen molar-refractivity contribution in [2.45, 2.75) is 45.1 Å². The summed E-state index contributed by atoms with van der Waals surface area (Å²) < 4.78 is 2.29. The van der Waals surface area contributed by atoms with Gasteiger partial charge in [-0.3, -0.25) is 0 Å². The van der Waals surface area contributed by atoms with Crippen LogP contribution in [-0.4, -0.2) is 20.5 Å². The predicted molar refractivity (Wildman–Crippen MR) is 242 cm³/mol. The number of rotatable bonds is 9. The molecular weight excluding hydrogens is 916 g/mol. The SMILES string of the molecule is CC(C)c1ccccc1-c1ccnc(-n2c3[c-]c(C(c4[c-]c(N5[OH+]N(C(C)C)c6ccccc65)ccc4)(c4ccccc4)c4ccccc4)ccc3c3ccccc32)c1.[Pt]. The van der Waals surface area contributed by atoms with Gasteiger partial charge >= 0.3 is 0 Å². The first-order valence-corrected chi connectivity index (χ1v) is 20.5. The number of aromatic nitrogens is 2. The van der Waals surface area contributed by atoms with Crippen LogP contribution in [0.4, 0.5) is 17.1 Å². The van der Waals surface area contributed by atoms with E-state index in [0.717, 1.165) is 72.5 Å². The molecule has 5 nitrogen and oxygen atoms in total. The summed E-state index contributed by atoms with van der Waals surface area (Å²) >= 11 is 0. The molecule has 2 aromatic heterocycles. The Balaban J connectivity index is 0.00000462. The van der Waals surface area contributed by atoms with Crippen LogP contribution in [0.2, 0.25) is 0 Å². The molecule has 9 aromatic rings. The number of hydrogen-bond acceptors (Lipinski definition) is 3. The third-order valence-corrected chi connectivity index (χ3v) is 11.7. The minimum Gasteiger partial charge on any atom is -0.319 e. The van der Waals surface area contributed by atoms with Crippen LogP contribution in [0.1, 0.15) is 61.4 Å². The number of hydroxylamine groups is 1. The second-order valence-corrected chi connectivity index (χ2v) is 15.9. The standard InChI is InChI=1S/C54H44N4O.Pt/c1-37(2)45-24-11-12-25-46(45)39-32-33-55-53(34-39)56-49-27-14-13-26-47(49)48-31-30-43(36-52(48)56)54(40-18-7-5-8-19-40,41-20-9-6-10-21-41)42-22-17-23-44(35-42)58-51-29-16-15-28-50(51)57(59-58)38(3)4;/h5-34,37-38H,1-4H3;/q-2;/p+1. The molecular formula is C54H45N4OPt-. The van der Waals surface area contributed by atoms with Gasteiger partial charge < -0.3 is 4.57 Å². The van der Waals surface area contributed by atoms with Crippen LogP contribution in [0.5, 0.6) is 0 Å². The fourth-order valence-electron chi connectivity index (χ4n) is 9.02. The van der Waals surface area contributed by atoms with Crippen molar-refractivity contribution < 1.29 is 26.0 Å². The summed E-state index contributed by atoms with van der Waals surface area (Å²) in [4.78, 5) is 10.2. The van der Waals surface area contributed by atoms with Crippen LogP contribution in [-0.2, 0) is 26.5 Å². The molecule has 60 heavy (non-hydrogen) atoms. The first-order chi connectivity index (χ1) is 28.9. The van der Waals surface area contributed by atoms with Gasteiger partial charge in [0.2, 0.25) is 0 Å². The molecule has 0 aliphatic carbocycles. The van der Waals surface area contributed by atoms with Gasteiger partial charge in [0.25, 0.3) is 0 Å². The van der Waals surface area contributed by atoms with Crippen LogP contribution < -0.4 is 10.1 Å². The van der Waals surface area contributed by atoms with E-state index in [1.807, 2.05) is 11.3 Å². The summed E-state index contributed by atoms with van der Waals surface area (Å²) in [5.74, 6) is 1.23. The van der Waals surface area contributed by atoms with Crippen LogP contribution in [0.3, 0.4) is 0 Å². The molecule has 1 N–H and O–H groups in total. The van der Waals surface area contributed by atoms with Crippen molar-refractivity contribution in [1.82, 2.24) is 9.55 Å². The molecule has 0 spiro atoms. The second-order valence-electron chi connectivity index (χ2n) is 15.9. The first-order valence-electron chi connectivity index (χ1n) is 20.5. The van der Waals surface area contributed by atoms with Crippen molar-refractivity contribution in [2.24, 2.45) is 0 Å². The van der Waals surface area contributed by atoms with E-state index in [1.54, 1.807) is 0 Å². The average molecular weight is 961 g/mol. The molecule has 3 heterocycles. The smallest absolute Gasteiger partial charge is 0.145 e. The van der Waals surface area contributed by atoms with E-state index < -0.39 is 5.41 Å². The van der Waals surface area contributed by atoms with Crippen molar-refractivity contribution in [3.05, 3.63) is 222 Å². The Kier molecular flexibility index (Phi) is 10.5. The monoisotopic (exact) mass is 960 g/mol. The number of para-hydroxylation sites is 3. The van der Waals surface area contributed by atoms with Crippen LogP contribution in [0, 0.1) is 12.1 Å². The van der Waals surface area contributed by atoms with Gasteiger partial charge in [-0.05, 0) is 83.3 Å². The Morgan fingerprint density at radius 3 is 1.97 bits per heavy atom. The van der Waals surface area contributed by atoms with Gasteiger partial charge in [0.15, 0.2) is 0 Å². The first kappa shape index (κ1) is 39.2. The molecule has 1 aliphatic rings. The van der Waals surface area contributed by atoms with Crippen LogP contribution >= 0.6 is 0 Å². The van der Waals surface area contributed by atoms with E-state index in [1.165, 1.54) is 11.1 Å². The summed E-state index contributed by atoms with van der Waals surface area (Å²) in [6.45, 7) is 8.84. The van der Waals surface area contributed by atoms with E-state index in [0.29, 0.717) is 5.92 Å². The molecule has 7 aromatic carbocycles. The Morgan fingerprint density at radius 2 is 1.23 bits per heavy atom. The Hall–Kier alpha value is -6.26. The molecule has 0 saturated carbocycles. The Labute approximate surface area is 366 Å². The topological polar surface area (TPSA) is 37.1 Å². The minimum atomic E-state index is -0.809. The normalized spacial score (nSPS) is 12.7. The quantitative estimate of drug-likeness (QED) is 0.0822. The van der Waals surface area contributed by atoms with Gasteiger partial charge in [0.05, 0.1) is 6.04 Å².